The van der Waals surface area contributed by atoms with E-state index in [0.29, 0.717) is 37.4 Å². The van der Waals surface area contributed by atoms with Crippen LogP contribution in [0.15, 0.2) is 42.6 Å². The van der Waals surface area contributed by atoms with Gasteiger partial charge in [-0.3, -0.25) is 19.4 Å². The third kappa shape index (κ3) is 5.43. The van der Waals surface area contributed by atoms with E-state index in [1.807, 2.05) is 18.2 Å². The van der Waals surface area contributed by atoms with E-state index in [1.165, 1.54) is 23.5 Å². The average molecular weight is 501 g/mol. The number of carbonyl (C=O) groups is 3. The van der Waals surface area contributed by atoms with E-state index >= 15 is 0 Å². The molecule has 10 heteroatoms. The number of pyridine rings is 1. The smallest absolute Gasteiger partial charge is 0.251 e. The molecule has 0 unspecified atom stereocenters. The molecule has 0 spiro atoms. The van der Waals surface area contributed by atoms with Gasteiger partial charge in [-0.1, -0.05) is 23.7 Å². The lowest BCUT2D eigenvalue weighted by Gasteiger charge is -2.27. The van der Waals surface area contributed by atoms with Crippen molar-refractivity contribution in [1.29, 1.82) is 0 Å². The zero-order valence-corrected chi connectivity index (χ0v) is 19.7. The molecular weight excluding hydrogens is 479 g/mol. The van der Waals surface area contributed by atoms with Gasteiger partial charge in [0.15, 0.2) is 0 Å². The Kier molecular flexibility index (Phi) is 7.23. The zero-order chi connectivity index (χ0) is 24.2. The number of fused-ring (bicyclic) bond motifs is 1. The van der Waals surface area contributed by atoms with Gasteiger partial charge in [-0.05, 0) is 48.2 Å². The first-order valence-corrected chi connectivity index (χ1v) is 11.9. The zero-order valence-electron chi connectivity index (χ0n) is 18.1. The molecule has 1 aliphatic heterocycles. The van der Waals surface area contributed by atoms with E-state index in [0.717, 1.165) is 22.2 Å². The van der Waals surface area contributed by atoms with E-state index in [4.69, 9.17) is 17.3 Å². The van der Waals surface area contributed by atoms with Gasteiger partial charge in [-0.25, -0.2) is 4.39 Å². The molecule has 176 valence electrons. The minimum atomic E-state index is -0.652. The molecule has 0 bridgehead atoms. The number of anilines is 1. The molecule has 4 rings (SSSR count). The molecule has 0 saturated carbocycles. The molecule has 0 aliphatic carbocycles. The molecule has 3 N–H and O–H groups in total. The van der Waals surface area contributed by atoms with E-state index in [2.05, 4.69) is 10.3 Å². The highest BCUT2D eigenvalue weighted by Gasteiger charge is 2.29. The Labute approximate surface area is 204 Å². The first-order chi connectivity index (χ1) is 16.3. The quantitative estimate of drug-likeness (QED) is 0.515. The number of aryl methyl sites for hydroxylation is 1. The number of hydrogen-bond donors (Lipinski definition) is 2. The van der Waals surface area contributed by atoms with Crippen molar-refractivity contribution in [1.82, 2.24) is 9.88 Å². The fraction of sp³-hybridized carbons (Fsp3) is 0.250. The number of hydrogen-bond acceptors (Lipinski definition) is 5. The van der Waals surface area contributed by atoms with Crippen LogP contribution in [0.3, 0.4) is 0 Å². The predicted molar refractivity (Wildman–Crippen MR) is 128 cm³/mol. The molecule has 3 aromatic rings. The Morgan fingerprint density at radius 1 is 1.24 bits per heavy atom. The highest BCUT2D eigenvalue weighted by Crippen LogP contribution is 2.37. The lowest BCUT2D eigenvalue weighted by atomic mass is 10.0. The monoisotopic (exact) mass is 500 g/mol. The number of rotatable bonds is 7. The van der Waals surface area contributed by atoms with Crippen LogP contribution in [0.4, 0.5) is 9.39 Å². The lowest BCUT2D eigenvalue weighted by molar-refractivity contribution is -0.132. The van der Waals surface area contributed by atoms with Crippen molar-refractivity contribution in [2.24, 2.45) is 5.73 Å². The second-order valence-electron chi connectivity index (χ2n) is 7.92. The van der Waals surface area contributed by atoms with Gasteiger partial charge in [0.1, 0.15) is 10.8 Å². The third-order valence-corrected chi connectivity index (χ3v) is 6.96. The third-order valence-electron chi connectivity index (χ3n) is 5.60. The Morgan fingerprint density at radius 2 is 2.06 bits per heavy atom. The summed E-state index contributed by atoms with van der Waals surface area (Å²) in [6.45, 7) is 0.789. The number of amides is 3. The van der Waals surface area contributed by atoms with Crippen molar-refractivity contribution in [2.45, 2.75) is 32.2 Å². The topological polar surface area (TPSA) is 105 Å². The molecule has 3 heterocycles. The Morgan fingerprint density at radius 3 is 2.76 bits per heavy atom. The summed E-state index contributed by atoms with van der Waals surface area (Å²) in [6, 6.07) is 9.68. The molecule has 3 amide bonds. The highest BCUT2D eigenvalue weighted by molar-refractivity contribution is 7.17. The van der Waals surface area contributed by atoms with Crippen molar-refractivity contribution in [3.05, 3.63) is 80.7 Å². The number of nitrogens with two attached hydrogens (primary N) is 1. The van der Waals surface area contributed by atoms with Crippen LogP contribution in [-0.2, 0) is 35.4 Å². The summed E-state index contributed by atoms with van der Waals surface area (Å²) in [5.74, 6) is -1.72. The number of primary amides is 1. The number of carbonyl (C=O) groups excluding carboxylic acids is 3. The maximum absolute atomic E-state index is 14.1. The second kappa shape index (κ2) is 10.3. The molecule has 0 atom stereocenters. The van der Waals surface area contributed by atoms with Crippen LogP contribution in [-0.4, -0.2) is 34.2 Å². The standard InChI is InChI=1S/C24H22ClFN4O3S/c25-15-5-4-14(18(26)12-15)11-20(31)29-24-22(23(27)33)17-8-10-30(13-19(17)34-24)21(32)7-6-16-3-1-2-9-28-16/h1-5,9,12H,6-8,10-11,13H2,(H2,27,33)(H,29,31). The lowest BCUT2D eigenvalue weighted by Crippen LogP contribution is -2.36. The number of thiophene rings is 1. The molecule has 0 saturated heterocycles. The predicted octanol–water partition coefficient (Wildman–Crippen LogP) is 3.73. The SMILES string of the molecule is NC(=O)c1c(NC(=O)Cc2ccc(Cl)cc2F)sc2c1CCN(C(=O)CCc1ccccn1)C2. The Balaban J connectivity index is 1.45. The van der Waals surface area contributed by atoms with E-state index in [-0.39, 0.29) is 28.5 Å². The van der Waals surface area contributed by atoms with Crippen LogP contribution in [0.1, 0.15) is 38.5 Å². The van der Waals surface area contributed by atoms with Crippen molar-refractivity contribution >= 4 is 45.7 Å². The van der Waals surface area contributed by atoms with Gasteiger partial charge in [0.2, 0.25) is 11.8 Å². The van der Waals surface area contributed by atoms with Crippen LogP contribution >= 0.6 is 22.9 Å². The average Bonchev–Trinajstić information content (AvgIpc) is 3.17. The fourth-order valence-electron chi connectivity index (χ4n) is 3.91. The number of aromatic nitrogens is 1. The van der Waals surface area contributed by atoms with Crippen molar-refractivity contribution in [2.75, 3.05) is 11.9 Å². The summed E-state index contributed by atoms with van der Waals surface area (Å²) >= 11 is 6.98. The van der Waals surface area contributed by atoms with Crippen molar-refractivity contribution < 1.29 is 18.8 Å². The Hall–Kier alpha value is -3.30. The molecule has 1 aromatic carbocycles. The van der Waals surface area contributed by atoms with Crippen LogP contribution < -0.4 is 11.1 Å². The minimum absolute atomic E-state index is 0.00544. The molecule has 0 radical (unpaired) electrons. The van der Waals surface area contributed by atoms with Gasteiger partial charge in [0, 0.05) is 34.8 Å². The number of nitrogens with one attached hydrogen (secondary N) is 1. The minimum Gasteiger partial charge on any atom is -0.365 e. The maximum Gasteiger partial charge on any atom is 0.251 e. The van der Waals surface area contributed by atoms with Crippen molar-refractivity contribution in [3.63, 3.8) is 0 Å². The summed E-state index contributed by atoms with van der Waals surface area (Å²) < 4.78 is 14.1. The summed E-state index contributed by atoms with van der Waals surface area (Å²) in [4.78, 5) is 44.3. The summed E-state index contributed by atoms with van der Waals surface area (Å²) in [7, 11) is 0. The van der Waals surface area contributed by atoms with Gasteiger partial charge in [0.05, 0.1) is 18.5 Å². The molecular formula is C24H22ClFN4O3S. The summed E-state index contributed by atoms with van der Waals surface area (Å²) in [6.07, 6.45) is 2.81. The van der Waals surface area contributed by atoms with Gasteiger partial charge >= 0.3 is 0 Å². The number of halogens is 2. The highest BCUT2D eigenvalue weighted by atomic mass is 35.5. The van der Waals surface area contributed by atoms with Crippen LogP contribution in [0.2, 0.25) is 5.02 Å². The van der Waals surface area contributed by atoms with E-state index in [1.54, 1.807) is 11.1 Å². The summed E-state index contributed by atoms with van der Waals surface area (Å²) in [5, 5.41) is 3.26. The molecule has 2 aromatic heterocycles. The molecule has 1 aliphatic rings. The normalized spacial score (nSPS) is 12.8. The van der Waals surface area contributed by atoms with Crippen LogP contribution in [0.5, 0.6) is 0 Å². The summed E-state index contributed by atoms with van der Waals surface area (Å²) in [5.41, 5.74) is 7.66. The Bertz CT molecular complexity index is 1250. The number of nitrogens with zero attached hydrogens (tertiary/aromatic N) is 2. The first kappa shape index (κ1) is 23.8. The van der Waals surface area contributed by atoms with Gasteiger partial charge < -0.3 is 16.0 Å². The second-order valence-corrected chi connectivity index (χ2v) is 9.46. The van der Waals surface area contributed by atoms with Crippen LogP contribution in [0.25, 0.3) is 0 Å². The molecule has 0 fully saturated rings. The largest absolute Gasteiger partial charge is 0.365 e. The number of benzene rings is 1. The fourth-order valence-corrected chi connectivity index (χ4v) is 5.36. The maximum atomic E-state index is 14.1. The molecule has 34 heavy (non-hydrogen) atoms. The molecule has 7 nitrogen and oxygen atoms in total. The van der Waals surface area contributed by atoms with Crippen LogP contribution in [0, 0.1) is 5.82 Å². The van der Waals surface area contributed by atoms with Gasteiger partial charge in [-0.15, -0.1) is 11.3 Å². The van der Waals surface area contributed by atoms with Crippen molar-refractivity contribution in [3.8, 4) is 0 Å². The van der Waals surface area contributed by atoms with E-state index < -0.39 is 17.6 Å². The first-order valence-electron chi connectivity index (χ1n) is 10.7. The van der Waals surface area contributed by atoms with Gasteiger partial charge in [0.25, 0.3) is 5.91 Å². The van der Waals surface area contributed by atoms with E-state index in [9.17, 15) is 18.8 Å². The van der Waals surface area contributed by atoms with Gasteiger partial charge in [-0.2, -0.15) is 0 Å².